The number of alkyl halides is 3. The van der Waals surface area contributed by atoms with Gasteiger partial charge in [0.25, 0.3) is 5.91 Å². The first-order chi connectivity index (χ1) is 15.3. The van der Waals surface area contributed by atoms with Gasteiger partial charge in [0.1, 0.15) is 5.78 Å². The van der Waals surface area contributed by atoms with Crippen LogP contribution in [0.3, 0.4) is 0 Å². The number of ketones is 1. The van der Waals surface area contributed by atoms with Crippen molar-refractivity contribution >= 4 is 28.7 Å². The van der Waals surface area contributed by atoms with E-state index in [9.17, 15) is 27.9 Å². The number of fused-ring (bicyclic) bond motifs is 1. The third kappa shape index (κ3) is 4.52. The number of carbonyl (C=O) groups is 2. The maximum Gasteiger partial charge on any atom is 0.416 e. The van der Waals surface area contributed by atoms with Crippen molar-refractivity contribution in [3.63, 3.8) is 0 Å². The van der Waals surface area contributed by atoms with Gasteiger partial charge in [-0.25, -0.2) is 4.98 Å². The number of rotatable bonds is 6. The highest BCUT2D eigenvalue weighted by Crippen LogP contribution is 2.34. The van der Waals surface area contributed by atoms with Crippen LogP contribution >= 0.6 is 0 Å². The summed E-state index contributed by atoms with van der Waals surface area (Å²) in [4.78, 5) is 28.8. The maximum atomic E-state index is 13.0. The van der Waals surface area contributed by atoms with Crippen molar-refractivity contribution in [2.75, 3.05) is 11.9 Å². The first kappa shape index (κ1) is 22.0. The van der Waals surface area contributed by atoms with Gasteiger partial charge in [-0.15, -0.1) is 0 Å². The first-order valence-electron chi connectivity index (χ1n) is 10.4. The Morgan fingerprint density at radius 3 is 2.72 bits per heavy atom. The Hall–Kier alpha value is -3.20. The Kier molecular flexibility index (Phi) is 6.01. The fourth-order valence-corrected chi connectivity index (χ4v) is 4.06. The largest absolute Gasteiger partial charge is 0.416 e. The third-order valence-electron chi connectivity index (χ3n) is 5.71. The summed E-state index contributed by atoms with van der Waals surface area (Å²) in [6.45, 7) is 0.301. The predicted molar refractivity (Wildman–Crippen MR) is 112 cm³/mol. The SMILES string of the molecule is O=C1CCC(c2ccc3c(c2)nc(NC(=O)c2cccc(C(F)(F)F)c2)n3CCCO)C1. The molecule has 2 aromatic carbocycles. The van der Waals surface area contributed by atoms with Crippen LogP contribution in [-0.4, -0.2) is 33.0 Å². The molecular formula is C23H22F3N3O3. The average molecular weight is 445 g/mol. The molecule has 1 heterocycles. The molecule has 2 N–H and O–H groups in total. The van der Waals surface area contributed by atoms with E-state index in [0.29, 0.717) is 31.3 Å². The molecule has 1 fully saturated rings. The Bertz CT molecular complexity index is 1170. The number of imidazole rings is 1. The molecular weight excluding hydrogens is 423 g/mol. The number of nitrogens with one attached hydrogen (secondary N) is 1. The Morgan fingerprint density at radius 1 is 1.22 bits per heavy atom. The lowest BCUT2D eigenvalue weighted by Crippen LogP contribution is -2.17. The topological polar surface area (TPSA) is 84.2 Å². The van der Waals surface area contributed by atoms with Gasteiger partial charge in [0, 0.05) is 31.6 Å². The normalized spacial score (nSPS) is 16.6. The summed E-state index contributed by atoms with van der Waals surface area (Å²) in [6.07, 6.45) is -2.30. The summed E-state index contributed by atoms with van der Waals surface area (Å²) in [5.41, 5.74) is 1.29. The highest BCUT2D eigenvalue weighted by atomic mass is 19.4. The molecule has 32 heavy (non-hydrogen) atoms. The summed E-state index contributed by atoms with van der Waals surface area (Å²) in [6, 6.07) is 9.86. The van der Waals surface area contributed by atoms with Gasteiger partial charge in [0.05, 0.1) is 16.6 Å². The molecule has 1 saturated carbocycles. The Labute approximate surface area is 182 Å². The summed E-state index contributed by atoms with van der Waals surface area (Å²) >= 11 is 0. The van der Waals surface area contributed by atoms with E-state index in [0.717, 1.165) is 29.6 Å². The van der Waals surface area contributed by atoms with Gasteiger partial charge in [0.2, 0.25) is 5.95 Å². The van der Waals surface area contributed by atoms with Crippen LogP contribution in [0.1, 0.15) is 53.1 Å². The van der Waals surface area contributed by atoms with E-state index in [4.69, 9.17) is 0 Å². The highest BCUT2D eigenvalue weighted by molar-refractivity contribution is 6.04. The molecule has 1 aliphatic carbocycles. The molecule has 4 rings (SSSR count). The van der Waals surface area contributed by atoms with Gasteiger partial charge in [-0.2, -0.15) is 13.2 Å². The van der Waals surface area contributed by atoms with Crippen LogP contribution in [0.25, 0.3) is 11.0 Å². The van der Waals surface area contributed by atoms with E-state index in [1.807, 2.05) is 18.2 Å². The number of carbonyl (C=O) groups excluding carboxylic acids is 2. The predicted octanol–water partition coefficient (Wildman–Crippen LogP) is 4.53. The molecule has 1 aliphatic rings. The van der Waals surface area contributed by atoms with Crippen LogP contribution in [0.15, 0.2) is 42.5 Å². The molecule has 0 bridgehead atoms. The van der Waals surface area contributed by atoms with Crippen molar-refractivity contribution in [1.29, 1.82) is 0 Å². The van der Waals surface area contributed by atoms with Crippen LogP contribution in [0.4, 0.5) is 19.1 Å². The number of anilines is 1. The summed E-state index contributed by atoms with van der Waals surface area (Å²) in [5, 5.41) is 11.9. The van der Waals surface area contributed by atoms with Gasteiger partial charge in [0.15, 0.2) is 0 Å². The number of Topliss-reactive ketones (excluding diaryl/α,β-unsaturated/α-hetero) is 1. The second-order valence-corrected chi connectivity index (χ2v) is 7.92. The lowest BCUT2D eigenvalue weighted by Gasteiger charge is -2.11. The minimum Gasteiger partial charge on any atom is -0.396 e. The monoisotopic (exact) mass is 445 g/mol. The number of aliphatic hydroxyl groups is 1. The van der Waals surface area contributed by atoms with Crippen molar-refractivity contribution in [3.8, 4) is 0 Å². The number of hydrogen-bond donors (Lipinski definition) is 2. The molecule has 0 spiro atoms. The third-order valence-corrected chi connectivity index (χ3v) is 5.71. The zero-order chi connectivity index (χ0) is 22.9. The van der Waals surface area contributed by atoms with Crippen molar-refractivity contribution in [3.05, 3.63) is 59.2 Å². The average Bonchev–Trinajstić information content (AvgIpc) is 3.34. The quantitative estimate of drug-likeness (QED) is 0.584. The molecule has 1 amide bonds. The van der Waals surface area contributed by atoms with Crippen LogP contribution in [0, 0.1) is 0 Å². The maximum absolute atomic E-state index is 13.0. The fourth-order valence-electron chi connectivity index (χ4n) is 4.06. The van der Waals surface area contributed by atoms with E-state index in [1.165, 1.54) is 12.1 Å². The van der Waals surface area contributed by atoms with Gasteiger partial charge in [-0.05, 0) is 54.7 Å². The lowest BCUT2D eigenvalue weighted by molar-refractivity contribution is -0.137. The van der Waals surface area contributed by atoms with Crippen LogP contribution in [0.5, 0.6) is 0 Å². The van der Waals surface area contributed by atoms with Gasteiger partial charge in [-0.3, -0.25) is 14.9 Å². The molecule has 1 aromatic heterocycles. The summed E-state index contributed by atoms with van der Waals surface area (Å²) in [5.74, 6) is -0.149. The van der Waals surface area contributed by atoms with Crippen molar-refractivity contribution in [2.45, 2.75) is 44.3 Å². The Balaban J connectivity index is 1.66. The first-order valence-corrected chi connectivity index (χ1v) is 10.4. The van der Waals surface area contributed by atoms with Crippen molar-refractivity contribution < 1.29 is 27.9 Å². The fraction of sp³-hybridized carbons (Fsp3) is 0.348. The molecule has 0 aliphatic heterocycles. The highest BCUT2D eigenvalue weighted by Gasteiger charge is 2.31. The molecule has 3 aromatic rings. The second-order valence-electron chi connectivity index (χ2n) is 7.92. The molecule has 1 unspecified atom stereocenters. The van der Waals surface area contributed by atoms with E-state index < -0.39 is 17.6 Å². The van der Waals surface area contributed by atoms with Gasteiger partial charge < -0.3 is 9.67 Å². The minimum atomic E-state index is -4.55. The zero-order valence-electron chi connectivity index (χ0n) is 17.2. The number of amides is 1. The number of aliphatic hydroxyl groups excluding tert-OH is 1. The number of aryl methyl sites for hydroxylation is 1. The summed E-state index contributed by atoms with van der Waals surface area (Å²) in [7, 11) is 0. The van der Waals surface area contributed by atoms with Crippen LogP contribution in [-0.2, 0) is 17.5 Å². The van der Waals surface area contributed by atoms with Crippen LogP contribution in [0.2, 0.25) is 0 Å². The van der Waals surface area contributed by atoms with Crippen molar-refractivity contribution in [2.24, 2.45) is 0 Å². The molecule has 168 valence electrons. The molecule has 1 atom stereocenters. The van der Waals surface area contributed by atoms with Crippen LogP contribution < -0.4 is 5.32 Å². The van der Waals surface area contributed by atoms with E-state index in [2.05, 4.69) is 10.3 Å². The zero-order valence-corrected chi connectivity index (χ0v) is 17.2. The van der Waals surface area contributed by atoms with Gasteiger partial charge >= 0.3 is 6.18 Å². The molecule has 9 heteroatoms. The number of benzene rings is 2. The van der Waals surface area contributed by atoms with E-state index in [-0.39, 0.29) is 29.8 Å². The molecule has 0 saturated heterocycles. The second kappa shape index (κ2) is 8.74. The van der Waals surface area contributed by atoms with Crippen molar-refractivity contribution in [1.82, 2.24) is 9.55 Å². The summed E-state index contributed by atoms with van der Waals surface area (Å²) < 4.78 is 40.7. The molecule has 6 nitrogen and oxygen atoms in total. The minimum absolute atomic E-state index is 0.0665. The smallest absolute Gasteiger partial charge is 0.396 e. The number of aromatic nitrogens is 2. The van der Waals surface area contributed by atoms with E-state index >= 15 is 0 Å². The molecule has 0 radical (unpaired) electrons. The Morgan fingerprint density at radius 2 is 2.03 bits per heavy atom. The number of nitrogens with zero attached hydrogens (tertiary/aromatic N) is 2. The van der Waals surface area contributed by atoms with E-state index in [1.54, 1.807) is 4.57 Å². The standard InChI is InChI=1S/C23H22F3N3O3/c24-23(25,26)17-4-1-3-16(11-17)21(32)28-22-27-19-13-15(14-5-7-18(31)12-14)6-8-20(19)29(22)9-2-10-30/h1,3-4,6,8,11,13-14,30H,2,5,7,9-10,12H2,(H,27,28,32). The van der Waals surface area contributed by atoms with Gasteiger partial charge in [-0.1, -0.05) is 12.1 Å². The number of halogens is 3. The number of hydrogen-bond acceptors (Lipinski definition) is 4. The lowest BCUT2D eigenvalue weighted by atomic mass is 9.97.